The molecule has 9 aromatic rings. The summed E-state index contributed by atoms with van der Waals surface area (Å²) in [5.41, 5.74) is 2.76. The molecule has 3 heterocycles. The van der Waals surface area contributed by atoms with Gasteiger partial charge in [-0.15, -0.1) is 0 Å². The zero-order chi connectivity index (χ0) is 56.9. The molecule has 7 N–H and O–H groups in total. The first kappa shape index (κ1) is 56.4. The zero-order valence-corrected chi connectivity index (χ0v) is 42.2. The molecule has 20 heteroatoms. The number of ether oxygens (including phenoxy) is 2. The van der Waals surface area contributed by atoms with Crippen LogP contribution in [-0.4, -0.2) is 66.5 Å². The Hall–Kier alpha value is -10.4. The molecule has 0 aliphatic carbocycles. The first-order valence-corrected chi connectivity index (χ1v) is 23.6. The number of carboxylic acid groups (broad SMARTS) is 3. The highest BCUT2D eigenvalue weighted by Gasteiger charge is 2.19. The van der Waals surface area contributed by atoms with E-state index in [2.05, 4.69) is 30.9 Å². The fourth-order valence-electron chi connectivity index (χ4n) is 7.56. The van der Waals surface area contributed by atoms with Crippen LogP contribution in [0.4, 0.5) is 56.5 Å². The summed E-state index contributed by atoms with van der Waals surface area (Å²) in [5.74, 6) is -6.03. The van der Waals surface area contributed by atoms with Crippen LogP contribution in [0.1, 0.15) is 50.5 Å². The summed E-state index contributed by atoms with van der Waals surface area (Å²) in [6.45, 7) is 5.45. The molecule has 402 valence electrons. The molecule has 0 bridgehead atoms. The number of aromatic hydroxyl groups is 1. The number of carboxylic acids is 3. The van der Waals surface area contributed by atoms with E-state index in [9.17, 15) is 51.7 Å². The molecule has 0 amide bonds. The molecule has 0 unspecified atom stereocenters. The van der Waals surface area contributed by atoms with Crippen molar-refractivity contribution in [2.45, 2.75) is 26.9 Å². The Labute approximate surface area is 448 Å². The number of carbonyl (C=O) groups is 3. The Morgan fingerprint density at radius 2 is 1.01 bits per heavy atom. The maximum absolute atomic E-state index is 14.6. The third-order valence-electron chi connectivity index (χ3n) is 11.3. The molecule has 0 radical (unpaired) electrons. The molecule has 0 atom stereocenters. The van der Waals surface area contributed by atoms with Crippen LogP contribution in [0.2, 0.25) is 0 Å². The highest BCUT2D eigenvalue weighted by atomic mass is 19.1. The molecule has 79 heavy (non-hydrogen) atoms. The Bertz CT molecular complexity index is 3690. The lowest BCUT2D eigenvalue weighted by molar-refractivity contribution is 0.0686. The summed E-state index contributed by atoms with van der Waals surface area (Å²) in [4.78, 5) is 45.6. The SMILES string of the molecule is CC(C)Oc1ccc(F)c(-c2ccc(Nc3ncccc3C(=O)O)c(F)c2)c1.COc1cccc(-c2ccc(Nc3ncc(C)cc3C(=O)O)c(F)c2)c1.O=C(O)c1cccnc1Nc1c(F)cc(-c2cccc(O)c2)cc1F. The van der Waals surface area contributed by atoms with Gasteiger partial charge in [-0.3, -0.25) is 0 Å². The van der Waals surface area contributed by atoms with E-state index in [-0.39, 0.29) is 68.5 Å². The zero-order valence-electron chi connectivity index (χ0n) is 42.2. The van der Waals surface area contributed by atoms with E-state index in [1.165, 1.54) is 104 Å². The number of aryl methyl sites for hydroxylation is 1. The number of rotatable bonds is 15. The lowest BCUT2D eigenvalue weighted by atomic mass is 10.0. The van der Waals surface area contributed by atoms with Crippen LogP contribution in [0.5, 0.6) is 17.2 Å². The van der Waals surface area contributed by atoms with Gasteiger partial charge >= 0.3 is 17.9 Å². The Balaban J connectivity index is 0.000000172. The Morgan fingerprint density at radius 3 is 1.57 bits per heavy atom. The number of hydrogen-bond acceptors (Lipinski definition) is 12. The standard InChI is InChI=1S/C21H18F2N2O3.C20H17FN2O3.C18H12F2N2O3/c1-12(2)28-14-6-7-17(22)16(11-14)13-5-8-19(18(23)10-13)25-20-15(21(26)27)4-3-9-24-20;1-12-8-16(20(24)25)19(22-11-12)23-18-7-6-14(10-17(18)21)13-4-3-5-15(9-13)26-2;19-14-8-11(10-3-1-4-12(23)7-10)9-15(20)16(14)22-17-13(18(24)25)5-2-6-21-17/h3-12H,1-2H3,(H,24,25)(H,26,27);3-11H,1-2H3,(H,22,23)(H,24,25);1-9,23H,(H,21,22)(H,24,25). The molecule has 0 saturated heterocycles. The molecule has 0 aliphatic heterocycles. The monoisotopic (exact) mass is 1080 g/mol. The van der Waals surface area contributed by atoms with E-state index < -0.39 is 52.7 Å². The number of phenolic OH excluding ortho intramolecular Hbond substituents is 1. The largest absolute Gasteiger partial charge is 0.508 e. The molecular weight excluding hydrogens is 1030 g/mol. The average Bonchev–Trinajstić information content (AvgIpc) is 3.45. The molecule has 0 saturated carbocycles. The number of phenols is 1. The molecule has 0 spiro atoms. The molecule has 0 aliphatic rings. The molecular formula is C59H47F5N6O9. The predicted molar refractivity (Wildman–Crippen MR) is 288 cm³/mol. The lowest BCUT2D eigenvalue weighted by Crippen LogP contribution is -2.06. The summed E-state index contributed by atoms with van der Waals surface area (Å²) in [6.07, 6.45) is 4.16. The number of aromatic nitrogens is 3. The van der Waals surface area contributed by atoms with Crippen LogP contribution in [0.3, 0.4) is 0 Å². The smallest absolute Gasteiger partial charge is 0.339 e. The fraction of sp³-hybridized carbons (Fsp3) is 0.0847. The average molecular weight is 1080 g/mol. The van der Waals surface area contributed by atoms with Crippen LogP contribution >= 0.6 is 0 Å². The number of methoxy groups -OCH3 is 1. The number of benzene rings is 6. The Morgan fingerprint density at radius 1 is 0.494 bits per heavy atom. The highest BCUT2D eigenvalue weighted by Crippen LogP contribution is 2.34. The normalized spacial score (nSPS) is 10.6. The van der Waals surface area contributed by atoms with Crippen molar-refractivity contribution in [2.24, 2.45) is 0 Å². The summed E-state index contributed by atoms with van der Waals surface area (Å²) < 4.78 is 82.9. The molecule has 0 fully saturated rings. The molecule has 9 rings (SSSR count). The van der Waals surface area contributed by atoms with Gasteiger partial charge < -0.3 is 45.9 Å². The predicted octanol–water partition coefficient (Wildman–Crippen LogP) is 14.1. The topological polar surface area (TPSA) is 225 Å². The number of aromatic carboxylic acids is 3. The number of anilines is 6. The van der Waals surface area contributed by atoms with Crippen LogP contribution in [0.15, 0.2) is 164 Å². The van der Waals surface area contributed by atoms with Crippen LogP contribution < -0.4 is 25.4 Å². The van der Waals surface area contributed by atoms with E-state index in [4.69, 9.17) is 14.6 Å². The second-order valence-electron chi connectivity index (χ2n) is 17.3. The van der Waals surface area contributed by atoms with E-state index in [1.54, 1.807) is 38.3 Å². The van der Waals surface area contributed by atoms with Gasteiger partial charge in [0.2, 0.25) is 0 Å². The van der Waals surface area contributed by atoms with Crippen molar-refractivity contribution < 1.29 is 66.2 Å². The number of pyridine rings is 3. The van der Waals surface area contributed by atoms with E-state index in [0.29, 0.717) is 33.8 Å². The first-order valence-electron chi connectivity index (χ1n) is 23.6. The van der Waals surface area contributed by atoms with E-state index in [1.807, 2.05) is 38.1 Å². The van der Waals surface area contributed by atoms with Crippen molar-refractivity contribution in [3.8, 4) is 50.6 Å². The van der Waals surface area contributed by atoms with Crippen molar-refractivity contribution in [2.75, 3.05) is 23.1 Å². The van der Waals surface area contributed by atoms with E-state index in [0.717, 1.165) is 17.7 Å². The van der Waals surface area contributed by atoms with Crippen LogP contribution in [0, 0.1) is 36.0 Å². The second-order valence-corrected chi connectivity index (χ2v) is 17.3. The van der Waals surface area contributed by atoms with Crippen molar-refractivity contribution in [3.05, 3.63) is 216 Å². The van der Waals surface area contributed by atoms with Gasteiger partial charge in [0.25, 0.3) is 0 Å². The van der Waals surface area contributed by atoms with Gasteiger partial charge in [-0.05, 0) is 163 Å². The van der Waals surface area contributed by atoms with Crippen LogP contribution in [-0.2, 0) is 0 Å². The van der Waals surface area contributed by atoms with Crippen molar-refractivity contribution in [3.63, 3.8) is 0 Å². The minimum atomic E-state index is -1.27. The van der Waals surface area contributed by atoms with Crippen molar-refractivity contribution in [1.29, 1.82) is 0 Å². The van der Waals surface area contributed by atoms with Gasteiger partial charge in [-0.25, -0.2) is 51.3 Å². The van der Waals surface area contributed by atoms with Crippen molar-refractivity contribution in [1.82, 2.24) is 15.0 Å². The molecule has 3 aromatic heterocycles. The maximum Gasteiger partial charge on any atom is 0.339 e. The van der Waals surface area contributed by atoms with Gasteiger partial charge in [0.1, 0.15) is 86.2 Å². The summed E-state index contributed by atoms with van der Waals surface area (Å²) >= 11 is 0. The van der Waals surface area contributed by atoms with Crippen molar-refractivity contribution >= 4 is 52.4 Å². The quantitative estimate of drug-likeness (QED) is 0.0474. The third-order valence-corrected chi connectivity index (χ3v) is 11.3. The fourth-order valence-corrected chi connectivity index (χ4v) is 7.56. The van der Waals surface area contributed by atoms with Gasteiger partial charge in [0.15, 0.2) is 0 Å². The number of halogens is 5. The lowest BCUT2D eigenvalue weighted by Gasteiger charge is -2.13. The Kier molecular flexibility index (Phi) is 18.2. The summed E-state index contributed by atoms with van der Waals surface area (Å²) in [5, 5.41) is 44.9. The summed E-state index contributed by atoms with van der Waals surface area (Å²) in [6, 6.07) is 35.5. The van der Waals surface area contributed by atoms with Gasteiger partial charge in [-0.2, -0.15) is 0 Å². The minimum Gasteiger partial charge on any atom is -0.508 e. The molecule has 15 nitrogen and oxygen atoms in total. The third kappa shape index (κ3) is 14.5. The highest BCUT2D eigenvalue weighted by molar-refractivity contribution is 5.95. The van der Waals surface area contributed by atoms with Gasteiger partial charge in [0, 0.05) is 24.2 Å². The number of hydrogen-bond donors (Lipinski definition) is 7. The van der Waals surface area contributed by atoms with Gasteiger partial charge in [-0.1, -0.05) is 36.4 Å². The van der Waals surface area contributed by atoms with Gasteiger partial charge in [0.05, 0.1) is 24.6 Å². The summed E-state index contributed by atoms with van der Waals surface area (Å²) in [7, 11) is 1.57. The number of nitrogens with one attached hydrogen (secondary N) is 3. The minimum absolute atomic E-state index is 0.0127. The first-order chi connectivity index (χ1) is 37.8. The van der Waals surface area contributed by atoms with E-state index >= 15 is 0 Å². The second kappa shape index (κ2) is 25.4. The maximum atomic E-state index is 14.6. The van der Waals surface area contributed by atoms with Crippen LogP contribution in [0.25, 0.3) is 33.4 Å². The molecule has 6 aromatic carbocycles. The number of nitrogens with zero attached hydrogens (tertiary/aromatic N) is 3.